The third-order valence-electron chi connectivity index (χ3n) is 4.72. The van der Waals surface area contributed by atoms with Crippen molar-refractivity contribution >= 4 is 56.4 Å². The van der Waals surface area contributed by atoms with Crippen LogP contribution in [-0.4, -0.2) is 38.8 Å². The number of carbonyl (C=O) groups excluding carboxylic acids is 1. The molecule has 1 aliphatic heterocycles. The van der Waals surface area contributed by atoms with E-state index in [1.807, 2.05) is 0 Å². The second-order valence-corrected chi connectivity index (χ2v) is 9.77. The Labute approximate surface area is 184 Å². The molecule has 1 unspecified atom stereocenters. The van der Waals surface area contributed by atoms with Crippen molar-refractivity contribution in [2.45, 2.75) is 17.7 Å². The SMILES string of the molecule is COc1ccc(S(=O)(=O)N2CCCC(C(=O)Nc3cc(Cl)c(Cl)cc3Cl)C2)cc1. The second-order valence-electron chi connectivity index (χ2n) is 6.61. The molecule has 2 aromatic carbocycles. The molecule has 29 heavy (non-hydrogen) atoms. The highest BCUT2D eigenvalue weighted by Gasteiger charge is 2.33. The Hall–Kier alpha value is -1.51. The number of halogens is 3. The summed E-state index contributed by atoms with van der Waals surface area (Å²) in [5.41, 5.74) is 0.334. The van der Waals surface area contributed by atoms with E-state index in [0.717, 1.165) is 0 Å². The summed E-state index contributed by atoms with van der Waals surface area (Å²) < 4.78 is 32.3. The zero-order valence-corrected chi connectivity index (χ0v) is 18.6. The van der Waals surface area contributed by atoms with Crippen LogP contribution in [0.3, 0.4) is 0 Å². The average molecular weight is 478 g/mol. The van der Waals surface area contributed by atoms with Gasteiger partial charge in [-0.1, -0.05) is 34.8 Å². The smallest absolute Gasteiger partial charge is 0.243 e. The van der Waals surface area contributed by atoms with E-state index in [1.165, 1.54) is 35.7 Å². The fourth-order valence-electron chi connectivity index (χ4n) is 3.12. The third-order valence-corrected chi connectivity index (χ3v) is 7.63. The van der Waals surface area contributed by atoms with Crippen LogP contribution in [-0.2, 0) is 14.8 Å². The van der Waals surface area contributed by atoms with E-state index in [-0.39, 0.29) is 32.4 Å². The molecule has 2 aromatic rings. The molecular formula is C19H19Cl3N2O4S. The van der Waals surface area contributed by atoms with Crippen LogP contribution in [0.25, 0.3) is 0 Å². The lowest BCUT2D eigenvalue weighted by Crippen LogP contribution is -2.43. The molecule has 1 amide bonds. The van der Waals surface area contributed by atoms with Crippen LogP contribution in [0.4, 0.5) is 5.69 Å². The van der Waals surface area contributed by atoms with E-state index >= 15 is 0 Å². The number of sulfonamides is 1. The first-order chi connectivity index (χ1) is 13.7. The van der Waals surface area contributed by atoms with E-state index in [9.17, 15) is 13.2 Å². The van der Waals surface area contributed by atoms with Gasteiger partial charge in [0.2, 0.25) is 15.9 Å². The number of hydrogen-bond acceptors (Lipinski definition) is 4. The first-order valence-electron chi connectivity index (χ1n) is 8.82. The molecule has 1 heterocycles. The lowest BCUT2D eigenvalue weighted by molar-refractivity contribution is -0.120. The van der Waals surface area contributed by atoms with Gasteiger partial charge in [0.25, 0.3) is 0 Å². The molecule has 156 valence electrons. The number of ether oxygens (including phenoxy) is 1. The number of anilines is 1. The number of hydrogen-bond donors (Lipinski definition) is 1. The first kappa shape index (κ1) is 22.2. The first-order valence-corrected chi connectivity index (χ1v) is 11.4. The molecule has 0 aromatic heterocycles. The van der Waals surface area contributed by atoms with E-state index in [0.29, 0.717) is 30.8 Å². The highest BCUT2D eigenvalue weighted by Crippen LogP contribution is 2.33. The van der Waals surface area contributed by atoms with Crippen molar-refractivity contribution in [2.24, 2.45) is 5.92 Å². The van der Waals surface area contributed by atoms with Gasteiger partial charge in [0, 0.05) is 13.1 Å². The van der Waals surface area contributed by atoms with Gasteiger partial charge in [0.05, 0.1) is 38.7 Å². The number of benzene rings is 2. The Morgan fingerprint density at radius 3 is 2.41 bits per heavy atom. The van der Waals surface area contributed by atoms with Crippen LogP contribution in [0.5, 0.6) is 5.75 Å². The lowest BCUT2D eigenvalue weighted by Gasteiger charge is -2.31. The zero-order valence-electron chi connectivity index (χ0n) is 15.5. The molecule has 10 heteroatoms. The number of nitrogens with zero attached hydrogens (tertiary/aromatic N) is 1. The predicted octanol–water partition coefficient (Wildman–Crippen LogP) is 4.69. The molecule has 0 bridgehead atoms. The maximum Gasteiger partial charge on any atom is 0.243 e. The van der Waals surface area contributed by atoms with Crippen LogP contribution in [0.15, 0.2) is 41.3 Å². The molecule has 3 rings (SSSR count). The highest BCUT2D eigenvalue weighted by atomic mass is 35.5. The van der Waals surface area contributed by atoms with Gasteiger partial charge in [-0.15, -0.1) is 0 Å². The summed E-state index contributed by atoms with van der Waals surface area (Å²) in [6, 6.07) is 9.09. The maximum atomic E-state index is 12.9. The molecule has 6 nitrogen and oxygen atoms in total. The number of amides is 1. The van der Waals surface area contributed by atoms with Crippen molar-refractivity contribution in [2.75, 3.05) is 25.5 Å². The van der Waals surface area contributed by atoms with Crippen molar-refractivity contribution in [1.82, 2.24) is 4.31 Å². The molecule has 0 radical (unpaired) electrons. The fraction of sp³-hybridized carbons (Fsp3) is 0.316. The van der Waals surface area contributed by atoms with Crippen LogP contribution < -0.4 is 10.1 Å². The summed E-state index contributed by atoms with van der Waals surface area (Å²) >= 11 is 18.0. The van der Waals surface area contributed by atoms with Crippen molar-refractivity contribution in [3.63, 3.8) is 0 Å². The highest BCUT2D eigenvalue weighted by molar-refractivity contribution is 7.89. The van der Waals surface area contributed by atoms with Gasteiger partial charge in [-0.05, 0) is 49.2 Å². The summed E-state index contributed by atoms with van der Waals surface area (Å²) in [5, 5.41) is 3.52. The Morgan fingerprint density at radius 2 is 1.76 bits per heavy atom. The van der Waals surface area contributed by atoms with Gasteiger partial charge in [-0.3, -0.25) is 4.79 Å². The molecular weight excluding hydrogens is 459 g/mol. The Balaban J connectivity index is 1.74. The number of nitrogens with one attached hydrogen (secondary N) is 1. The third kappa shape index (κ3) is 4.98. The summed E-state index contributed by atoms with van der Waals surface area (Å²) in [6.07, 6.45) is 1.14. The molecule has 1 aliphatic rings. The summed E-state index contributed by atoms with van der Waals surface area (Å²) in [5.74, 6) is -0.263. The molecule has 1 fully saturated rings. The predicted molar refractivity (Wildman–Crippen MR) is 115 cm³/mol. The monoisotopic (exact) mass is 476 g/mol. The number of methoxy groups -OCH3 is 1. The molecule has 1 N–H and O–H groups in total. The van der Waals surface area contributed by atoms with Gasteiger partial charge in [0.15, 0.2) is 0 Å². The number of rotatable bonds is 5. The van der Waals surface area contributed by atoms with E-state index in [2.05, 4.69) is 5.32 Å². The van der Waals surface area contributed by atoms with Crippen molar-refractivity contribution in [3.05, 3.63) is 51.5 Å². The largest absolute Gasteiger partial charge is 0.497 e. The Bertz CT molecular complexity index is 1010. The van der Waals surface area contributed by atoms with Gasteiger partial charge < -0.3 is 10.1 Å². The Kier molecular flexibility index (Phi) is 6.96. The van der Waals surface area contributed by atoms with Crippen LogP contribution >= 0.6 is 34.8 Å². The zero-order chi connectivity index (χ0) is 21.2. The van der Waals surface area contributed by atoms with Gasteiger partial charge in [-0.2, -0.15) is 4.31 Å². The van der Waals surface area contributed by atoms with Gasteiger partial charge in [0.1, 0.15) is 5.75 Å². The van der Waals surface area contributed by atoms with Gasteiger partial charge in [-0.25, -0.2) is 8.42 Å². The maximum absolute atomic E-state index is 12.9. The van der Waals surface area contributed by atoms with Crippen LogP contribution in [0.1, 0.15) is 12.8 Å². The normalized spacial score (nSPS) is 17.7. The molecule has 0 aliphatic carbocycles. The minimum absolute atomic E-state index is 0.0825. The summed E-state index contributed by atoms with van der Waals surface area (Å²) in [7, 11) is -2.20. The molecule has 0 spiro atoms. The molecule has 0 saturated carbocycles. The average Bonchev–Trinajstić information content (AvgIpc) is 2.72. The van der Waals surface area contributed by atoms with Crippen molar-refractivity contribution in [1.29, 1.82) is 0 Å². The van der Waals surface area contributed by atoms with Crippen LogP contribution in [0.2, 0.25) is 15.1 Å². The van der Waals surface area contributed by atoms with E-state index in [4.69, 9.17) is 39.5 Å². The second kappa shape index (κ2) is 9.10. The fourth-order valence-corrected chi connectivity index (χ4v) is 5.24. The minimum Gasteiger partial charge on any atom is -0.497 e. The van der Waals surface area contributed by atoms with E-state index in [1.54, 1.807) is 12.1 Å². The van der Waals surface area contributed by atoms with Gasteiger partial charge >= 0.3 is 0 Å². The summed E-state index contributed by atoms with van der Waals surface area (Å²) in [4.78, 5) is 12.9. The molecule has 1 atom stereocenters. The molecule has 1 saturated heterocycles. The topological polar surface area (TPSA) is 75.7 Å². The quantitative estimate of drug-likeness (QED) is 0.634. The lowest BCUT2D eigenvalue weighted by atomic mass is 9.98. The summed E-state index contributed by atoms with van der Waals surface area (Å²) in [6.45, 7) is 0.435. The minimum atomic E-state index is -3.71. The number of carbonyl (C=O) groups is 1. The Morgan fingerprint density at radius 1 is 1.10 bits per heavy atom. The number of piperidine rings is 1. The van der Waals surface area contributed by atoms with Crippen molar-refractivity contribution < 1.29 is 17.9 Å². The standard InChI is InChI=1S/C19H19Cl3N2O4S/c1-28-13-4-6-14(7-5-13)29(26,27)24-8-2-3-12(11-24)19(25)23-18-10-16(21)15(20)9-17(18)22/h4-7,9-10,12H,2-3,8,11H2,1H3,(H,23,25). The van der Waals surface area contributed by atoms with Crippen molar-refractivity contribution in [3.8, 4) is 5.75 Å². The van der Waals surface area contributed by atoms with Crippen LogP contribution in [0, 0.1) is 5.92 Å². The van der Waals surface area contributed by atoms with E-state index < -0.39 is 15.9 Å².